The van der Waals surface area contributed by atoms with E-state index >= 15 is 0 Å². The van der Waals surface area contributed by atoms with Gasteiger partial charge in [-0.2, -0.15) is 0 Å². The molecule has 1 N–H and O–H groups in total. The third-order valence-electron chi connectivity index (χ3n) is 4.36. The molecular formula is C22H22F2N2O3S. The van der Waals surface area contributed by atoms with Crippen molar-refractivity contribution in [1.82, 2.24) is 4.98 Å². The number of hydrogen-bond acceptors (Lipinski definition) is 6. The van der Waals surface area contributed by atoms with Crippen LogP contribution in [0.25, 0.3) is 11.5 Å². The highest BCUT2D eigenvalue weighted by Gasteiger charge is 2.25. The van der Waals surface area contributed by atoms with Gasteiger partial charge in [0.25, 0.3) is 5.92 Å². The number of anilines is 1. The summed E-state index contributed by atoms with van der Waals surface area (Å²) < 4.78 is 38.0. The Hall–Kier alpha value is -2.87. The van der Waals surface area contributed by atoms with Crippen LogP contribution in [0.5, 0.6) is 0 Å². The second kappa shape index (κ2) is 9.30. The molecule has 0 unspecified atom stereocenters. The molecule has 0 spiro atoms. The summed E-state index contributed by atoms with van der Waals surface area (Å²) in [6, 6.07) is 11.3. The molecule has 2 aromatic heterocycles. The van der Waals surface area contributed by atoms with Gasteiger partial charge in [0.1, 0.15) is 11.3 Å². The number of carbonyl (C=O) groups is 1. The van der Waals surface area contributed by atoms with E-state index in [1.54, 1.807) is 37.3 Å². The van der Waals surface area contributed by atoms with Crippen LogP contribution < -0.4 is 5.32 Å². The maximum Gasteiger partial charge on any atom is 0.342 e. The number of alkyl halides is 2. The topological polar surface area (TPSA) is 64.4 Å². The maximum atomic E-state index is 13.7. The normalized spacial score (nSPS) is 11.4. The van der Waals surface area contributed by atoms with Crippen LogP contribution in [0.4, 0.5) is 14.5 Å². The molecule has 0 aliphatic heterocycles. The lowest BCUT2D eigenvalue weighted by atomic mass is 10.1. The second-order valence-electron chi connectivity index (χ2n) is 6.58. The lowest BCUT2D eigenvalue weighted by Crippen LogP contribution is -2.13. The SMILES string of the molecule is CCOC(=O)c1c(NCc2cccc(C(C)(F)F)c2)cc(SC)nc1-c1ccco1. The van der Waals surface area contributed by atoms with Crippen molar-refractivity contribution in [2.24, 2.45) is 0 Å². The van der Waals surface area contributed by atoms with E-state index in [0.29, 0.717) is 27.7 Å². The molecule has 158 valence electrons. The fourth-order valence-electron chi connectivity index (χ4n) is 2.92. The Balaban J connectivity index is 2.01. The first-order chi connectivity index (χ1) is 14.3. The van der Waals surface area contributed by atoms with Crippen molar-refractivity contribution in [2.75, 3.05) is 18.2 Å². The van der Waals surface area contributed by atoms with E-state index in [4.69, 9.17) is 9.15 Å². The van der Waals surface area contributed by atoms with Crippen LogP contribution in [-0.4, -0.2) is 23.8 Å². The van der Waals surface area contributed by atoms with Crippen LogP contribution in [0.2, 0.25) is 0 Å². The molecule has 2 heterocycles. The van der Waals surface area contributed by atoms with Gasteiger partial charge in [0.15, 0.2) is 5.76 Å². The molecule has 0 fully saturated rings. The first kappa shape index (κ1) is 21.8. The standard InChI is InChI=1S/C22H22F2N2O3S/c1-4-28-21(27)19-16(12-18(30-3)26-20(19)17-9-6-10-29-17)25-13-14-7-5-8-15(11-14)22(2,23)24/h5-12H,4,13H2,1-3H3,(H,25,26). The number of nitrogens with one attached hydrogen (secondary N) is 1. The Kier molecular flexibility index (Phi) is 6.77. The van der Waals surface area contributed by atoms with Crippen molar-refractivity contribution in [3.63, 3.8) is 0 Å². The first-order valence-electron chi connectivity index (χ1n) is 9.34. The van der Waals surface area contributed by atoms with Crippen LogP contribution >= 0.6 is 11.8 Å². The van der Waals surface area contributed by atoms with E-state index in [9.17, 15) is 13.6 Å². The maximum absolute atomic E-state index is 13.7. The van der Waals surface area contributed by atoms with Crippen molar-refractivity contribution in [3.8, 4) is 11.5 Å². The molecule has 0 bridgehead atoms. The van der Waals surface area contributed by atoms with Gasteiger partial charge in [-0.25, -0.2) is 18.6 Å². The lowest BCUT2D eigenvalue weighted by Gasteiger charge is -2.16. The molecule has 0 aliphatic carbocycles. The van der Waals surface area contributed by atoms with E-state index in [1.807, 2.05) is 6.26 Å². The molecule has 8 heteroatoms. The summed E-state index contributed by atoms with van der Waals surface area (Å²) in [5.41, 5.74) is 1.69. The fourth-order valence-corrected chi connectivity index (χ4v) is 3.34. The Bertz CT molecular complexity index is 1020. The van der Waals surface area contributed by atoms with Gasteiger partial charge in [-0.1, -0.05) is 18.2 Å². The summed E-state index contributed by atoms with van der Waals surface area (Å²) >= 11 is 1.41. The Morgan fingerprint density at radius 3 is 2.70 bits per heavy atom. The highest BCUT2D eigenvalue weighted by atomic mass is 32.2. The largest absolute Gasteiger partial charge is 0.463 e. The number of rotatable bonds is 8. The molecule has 1 aromatic carbocycles. The van der Waals surface area contributed by atoms with Crippen LogP contribution in [0.15, 0.2) is 58.2 Å². The highest BCUT2D eigenvalue weighted by molar-refractivity contribution is 7.98. The number of pyridine rings is 1. The number of nitrogens with zero attached hydrogens (tertiary/aromatic N) is 1. The van der Waals surface area contributed by atoms with E-state index in [2.05, 4.69) is 10.3 Å². The molecule has 0 radical (unpaired) electrons. The van der Waals surface area contributed by atoms with Crippen LogP contribution in [0.3, 0.4) is 0 Å². The molecule has 30 heavy (non-hydrogen) atoms. The van der Waals surface area contributed by atoms with Gasteiger partial charge < -0.3 is 14.5 Å². The van der Waals surface area contributed by atoms with Gasteiger partial charge in [-0.3, -0.25) is 0 Å². The zero-order valence-electron chi connectivity index (χ0n) is 16.9. The quantitative estimate of drug-likeness (QED) is 0.350. The number of aromatic nitrogens is 1. The Labute approximate surface area is 177 Å². The number of hydrogen-bond donors (Lipinski definition) is 1. The van der Waals surface area contributed by atoms with Crippen molar-refractivity contribution in [3.05, 3.63) is 65.4 Å². The molecule has 0 amide bonds. The number of benzene rings is 1. The minimum absolute atomic E-state index is 0.0665. The molecule has 3 aromatic rings. The second-order valence-corrected chi connectivity index (χ2v) is 7.40. The van der Waals surface area contributed by atoms with Crippen molar-refractivity contribution >= 4 is 23.4 Å². The lowest BCUT2D eigenvalue weighted by molar-refractivity contribution is 0.0174. The molecule has 0 saturated carbocycles. The third kappa shape index (κ3) is 4.99. The summed E-state index contributed by atoms with van der Waals surface area (Å²) in [5.74, 6) is -3.04. The molecule has 3 rings (SSSR count). The number of esters is 1. The predicted octanol–water partition coefficient (Wildman–Crippen LogP) is 5.96. The minimum Gasteiger partial charge on any atom is -0.463 e. The summed E-state index contributed by atoms with van der Waals surface area (Å²) in [5, 5.41) is 3.86. The number of halogens is 2. The van der Waals surface area contributed by atoms with E-state index in [0.717, 1.165) is 6.92 Å². The average molecular weight is 432 g/mol. The highest BCUT2D eigenvalue weighted by Crippen LogP contribution is 2.33. The van der Waals surface area contributed by atoms with Crippen LogP contribution in [0.1, 0.15) is 35.3 Å². The summed E-state index contributed by atoms with van der Waals surface area (Å²) in [4.78, 5) is 17.3. The average Bonchev–Trinajstić information content (AvgIpc) is 3.26. The van der Waals surface area contributed by atoms with E-state index < -0.39 is 11.9 Å². The van der Waals surface area contributed by atoms with E-state index in [1.165, 1.54) is 30.2 Å². The number of thioether (sulfide) groups is 1. The van der Waals surface area contributed by atoms with Crippen molar-refractivity contribution < 1.29 is 22.7 Å². The zero-order chi connectivity index (χ0) is 21.7. The molecule has 0 atom stereocenters. The first-order valence-corrected chi connectivity index (χ1v) is 10.6. The zero-order valence-corrected chi connectivity index (χ0v) is 17.7. The number of ether oxygens (including phenoxy) is 1. The van der Waals surface area contributed by atoms with Gasteiger partial charge in [0.05, 0.1) is 23.6 Å². The molecule has 5 nitrogen and oxygen atoms in total. The van der Waals surface area contributed by atoms with Gasteiger partial charge in [-0.05, 0) is 43.0 Å². The molecule has 0 saturated heterocycles. The van der Waals surface area contributed by atoms with Gasteiger partial charge in [0, 0.05) is 19.0 Å². The van der Waals surface area contributed by atoms with Crippen LogP contribution in [0, 0.1) is 0 Å². The minimum atomic E-state index is -2.93. The van der Waals surface area contributed by atoms with Gasteiger partial charge in [0.2, 0.25) is 0 Å². The monoisotopic (exact) mass is 432 g/mol. The van der Waals surface area contributed by atoms with Gasteiger partial charge >= 0.3 is 5.97 Å². The summed E-state index contributed by atoms with van der Waals surface area (Å²) in [6.45, 7) is 3.03. The van der Waals surface area contributed by atoms with Crippen molar-refractivity contribution in [1.29, 1.82) is 0 Å². The predicted molar refractivity (Wildman–Crippen MR) is 113 cm³/mol. The van der Waals surface area contributed by atoms with E-state index in [-0.39, 0.29) is 24.3 Å². The molecule has 0 aliphatic rings. The molecular weight excluding hydrogens is 410 g/mol. The third-order valence-corrected chi connectivity index (χ3v) is 4.98. The van der Waals surface area contributed by atoms with Gasteiger partial charge in [-0.15, -0.1) is 11.8 Å². The Morgan fingerprint density at radius 2 is 2.07 bits per heavy atom. The van der Waals surface area contributed by atoms with Crippen LogP contribution in [-0.2, 0) is 17.2 Å². The smallest absolute Gasteiger partial charge is 0.342 e. The number of furan rings is 1. The number of carbonyl (C=O) groups excluding carboxylic acids is 1. The summed E-state index contributed by atoms with van der Waals surface area (Å²) in [7, 11) is 0. The Morgan fingerprint density at radius 1 is 1.27 bits per heavy atom. The van der Waals surface area contributed by atoms with Crippen molar-refractivity contribution in [2.45, 2.75) is 31.3 Å². The summed E-state index contributed by atoms with van der Waals surface area (Å²) in [6.07, 6.45) is 3.37. The fraction of sp³-hybridized carbons (Fsp3) is 0.273.